The van der Waals surface area contributed by atoms with Crippen molar-refractivity contribution in [2.75, 3.05) is 5.75 Å². The predicted octanol–water partition coefficient (Wildman–Crippen LogP) is 3.05. The molecule has 2 heterocycles. The van der Waals surface area contributed by atoms with Gasteiger partial charge in [-0.3, -0.25) is 4.79 Å². The van der Waals surface area contributed by atoms with Crippen LogP contribution in [0.2, 0.25) is 0 Å². The number of ketones is 1. The van der Waals surface area contributed by atoms with E-state index in [1.165, 1.54) is 30.8 Å². The Balaban J connectivity index is 1.74. The Kier molecular flexibility index (Phi) is 3.76. The third-order valence-electron chi connectivity index (χ3n) is 3.84. The second-order valence-corrected chi connectivity index (χ2v) is 6.46. The quantitative estimate of drug-likeness (QED) is 0.369. The standard InChI is InChI=1S/C16H18N2O2S/c1-11-9-14(12(2)18(11)13-6-7-13)15(19)10-21-16-5-3-4-8-17(16)20/h3-5,8-9,13H,6-7,10H2,1-2H3. The molecule has 0 aliphatic heterocycles. The maximum absolute atomic E-state index is 12.4. The first-order chi connectivity index (χ1) is 10.1. The van der Waals surface area contributed by atoms with E-state index < -0.39 is 0 Å². The summed E-state index contributed by atoms with van der Waals surface area (Å²) in [5.41, 5.74) is 3.01. The molecule has 0 spiro atoms. The number of hydrogen-bond acceptors (Lipinski definition) is 3. The topological polar surface area (TPSA) is 48.9 Å². The average molecular weight is 302 g/mol. The molecular weight excluding hydrogens is 284 g/mol. The summed E-state index contributed by atoms with van der Waals surface area (Å²) in [4.78, 5) is 12.4. The third-order valence-corrected chi connectivity index (χ3v) is 4.85. The fourth-order valence-electron chi connectivity index (χ4n) is 2.70. The Morgan fingerprint density at radius 1 is 1.43 bits per heavy atom. The minimum absolute atomic E-state index is 0.0869. The van der Waals surface area contributed by atoms with Crippen LogP contribution in [-0.2, 0) is 0 Å². The van der Waals surface area contributed by atoms with E-state index in [1.54, 1.807) is 18.2 Å². The van der Waals surface area contributed by atoms with Crippen molar-refractivity contribution < 1.29 is 9.52 Å². The number of rotatable bonds is 5. The Hall–Kier alpha value is -1.75. The average Bonchev–Trinajstić information content (AvgIpc) is 3.24. The van der Waals surface area contributed by atoms with Gasteiger partial charge in [-0.2, -0.15) is 4.73 Å². The maximum atomic E-state index is 12.4. The van der Waals surface area contributed by atoms with Gasteiger partial charge in [-0.15, -0.1) is 0 Å². The van der Waals surface area contributed by atoms with Gasteiger partial charge in [0, 0.05) is 35.1 Å². The zero-order chi connectivity index (χ0) is 15.0. The number of nitrogens with zero attached hydrogens (tertiary/aromatic N) is 2. The highest BCUT2D eigenvalue weighted by atomic mass is 32.2. The van der Waals surface area contributed by atoms with E-state index in [1.807, 2.05) is 13.0 Å². The van der Waals surface area contributed by atoms with Crippen LogP contribution in [0.3, 0.4) is 0 Å². The van der Waals surface area contributed by atoms with Gasteiger partial charge in [0.25, 0.3) is 5.03 Å². The van der Waals surface area contributed by atoms with E-state index in [9.17, 15) is 10.0 Å². The molecule has 0 radical (unpaired) electrons. The van der Waals surface area contributed by atoms with Gasteiger partial charge in [0.15, 0.2) is 12.0 Å². The first-order valence-electron chi connectivity index (χ1n) is 7.10. The van der Waals surface area contributed by atoms with Crippen molar-refractivity contribution >= 4 is 17.5 Å². The van der Waals surface area contributed by atoms with Crippen LogP contribution in [0.25, 0.3) is 0 Å². The molecule has 0 unspecified atom stereocenters. The summed E-state index contributed by atoms with van der Waals surface area (Å²) in [5.74, 6) is 0.380. The van der Waals surface area contributed by atoms with Crippen molar-refractivity contribution in [1.82, 2.24) is 4.57 Å². The Morgan fingerprint density at radius 2 is 2.19 bits per heavy atom. The molecule has 0 N–H and O–H groups in total. The minimum atomic E-state index is 0.0869. The molecule has 21 heavy (non-hydrogen) atoms. The summed E-state index contributed by atoms with van der Waals surface area (Å²) in [6.45, 7) is 4.07. The summed E-state index contributed by atoms with van der Waals surface area (Å²) in [6.07, 6.45) is 3.86. The van der Waals surface area contributed by atoms with Gasteiger partial charge in [-0.25, -0.2) is 0 Å². The summed E-state index contributed by atoms with van der Waals surface area (Å²) >= 11 is 1.29. The largest absolute Gasteiger partial charge is 0.618 e. The highest BCUT2D eigenvalue weighted by molar-refractivity contribution is 7.99. The van der Waals surface area contributed by atoms with E-state index in [-0.39, 0.29) is 5.78 Å². The van der Waals surface area contributed by atoms with Crippen LogP contribution in [0.1, 0.15) is 40.6 Å². The van der Waals surface area contributed by atoms with E-state index in [2.05, 4.69) is 11.5 Å². The smallest absolute Gasteiger partial charge is 0.251 e. The van der Waals surface area contributed by atoms with Gasteiger partial charge < -0.3 is 9.77 Å². The molecule has 5 heteroatoms. The number of Topliss-reactive ketones (excluding diaryl/α,β-unsaturated/α-hetero) is 1. The van der Waals surface area contributed by atoms with Crippen molar-refractivity contribution in [3.63, 3.8) is 0 Å². The molecular formula is C16H18N2O2S. The van der Waals surface area contributed by atoms with E-state index >= 15 is 0 Å². The lowest BCUT2D eigenvalue weighted by Crippen LogP contribution is -2.28. The summed E-state index contributed by atoms with van der Waals surface area (Å²) < 4.78 is 3.07. The fraction of sp³-hybridized carbons (Fsp3) is 0.375. The van der Waals surface area contributed by atoms with Crippen molar-refractivity contribution in [3.8, 4) is 0 Å². The lowest BCUT2D eigenvalue weighted by molar-refractivity contribution is -0.645. The SMILES string of the molecule is Cc1cc(C(=O)CSc2cccc[n+]2[O-])c(C)n1C1CC1. The van der Waals surface area contributed by atoms with Gasteiger partial charge >= 0.3 is 0 Å². The molecule has 2 aromatic heterocycles. The number of aryl methyl sites for hydroxylation is 1. The van der Waals surface area contributed by atoms with E-state index in [4.69, 9.17) is 0 Å². The van der Waals surface area contributed by atoms with Gasteiger partial charge in [0.05, 0.1) is 5.75 Å². The number of thioether (sulfide) groups is 1. The molecule has 4 nitrogen and oxygen atoms in total. The van der Waals surface area contributed by atoms with Crippen LogP contribution in [0.5, 0.6) is 0 Å². The molecule has 0 bridgehead atoms. The van der Waals surface area contributed by atoms with Gasteiger partial charge in [0.2, 0.25) is 0 Å². The van der Waals surface area contributed by atoms with Crippen molar-refractivity contribution in [3.05, 3.63) is 52.6 Å². The van der Waals surface area contributed by atoms with Gasteiger partial charge in [-0.05, 0) is 50.6 Å². The van der Waals surface area contributed by atoms with E-state index in [0.29, 0.717) is 16.8 Å². The molecule has 110 valence electrons. The number of pyridine rings is 1. The molecule has 0 saturated heterocycles. The van der Waals surface area contributed by atoms with Gasteiger partial charge in [0.1, 0.15) is 0 Å². The first-order valence-corrected chi connectivity index (χ1v) is 8.09. The van der Waals surface area contributed by atoms with Gasteiger partial charge in [-0.1, -0.05) is 0 Å². The van der Waals surface area contributed by atoms with Crippen molar-refractivity contribution in [2.24, 2.45) is 0 Å². The monoisotopic (exact) mass is 302 g/mol. The van der Waals surface area contributed by atoms with Crippen LogP contribution < -0.4 is 4.73 Å². The Morgan fingerprint density at radius 3 is 2.86 bits per heavy atom. The Bertz CT molecular complexity index is 690. The van der Waals surface area contributed by atoms with Crippen molar-refractivity contribution in [1.29, 1.82) is 0 Å². The zero-order valence-electron chi connectivity index (χ0n) is 12.2. The maximum Gasteiger partial charge on any atom is 0.251 e. The zero-order valence-corrected chi connectivity index (χ0v) is 13.0. The molecule has 2 aromatic rings. The van der Waals surface area contributed by atoms with Crippen LogP contribution >= 0.6 is 11.8 Å². The first kappa shape index (κ1) is 14.2. The van der Waals surface area contributed by atoms with Crippen LogP contribution in [-0.4, -0.2) is 16.1 Å². The summed E-state index contributed by atoms with van der Waals surface area (Å²) in [6, 6.07) is 7.78. The summed E-state index contributed by atoms with van der Waals surface area (Å²) in [5, 5.41) is 12.1. The van der Waals surface area contributed by atoms with E-state index in [0.717, 1.165) is 21.7 Å². The minimum Gasteiger partial charge on any atom is -0.618 e. The lowest BCUT2D eigenvalue weighted by atomic mass is 10.2. The second kappa shape index (κ2) is 5.56. The normalized spacial score (nSPS) is 14.4. The molecule has 0 aromatic carbocycles. The molecule has 1 aliphatic carbocycles. The number of carbonyl (C=O) groups excluding carboxylic acids is 1. The highest BCUT2D eigenvalue weighted by Crippen LogP contribution is 2.38. The molecule has 0 atom stereocenters. The molecule has 3 rings (SSSR count). The van der Waals surface area contributed by atoms with Crippen LogP contribution in [0.4, 0.5) is 0 Å². The van der Waals surface area contributed by atoms with Crippen LogP contribution in [0, 0.1) is 19.1 Å². The molecule has 1 saturated carbocycles. The van der Waals surface area contributed by atoms with Crippen LogP contribution in [0.15, 0.2) is 35.5 Å². The lowest BCUT2D eigenvalue weighted by Gasteiger charge is -2.07. The molecule has 0 amide bonds. The highest BCUT2D eigenvalue weighted by Gasteiger charge is 2.28. The Labute approximate surface area is 128 Å². The van der Waals surface area contributed by atoms with Crippen molar-refractivity contribution in [2.45, 2.75) is 37.8 Å². The summed E-state index contributed by atoms with van der Waals surface area (Å²) in [7, 11) is 0. The number of aromatic nitrogens is 2. The molecule has 1 fully saturated rings. The number of carbonyl (C=O) groups is 1. The predicted molar refractivity (Wildman–Crippen MR) is 82.6 cm³/mol. The fourth-order valence-corrected chi connectivity index (χ4v) is 3.49. The third kappa shape index (κ3) is 2.83. The second-order valence-electron chi connectivity index (χ2n) is 5.46. The molecule has 1 aliphatic rings. The number of hydrogen-bond donors (Lipinski definition) is 0.